The molecule has 0 amide bonds. The Morgan fingerprint density at radius 3 is 1.96 bits per heavy atom. The predicted octanol–water partition coefficient (Wildman–Crippen LogP) is 5.37. The molecule has 0 saturated heterocycles. The average Bonchev–Trinajstić information content (AvgIpc) is 3.29. The summed E-state index contributed by atoms with van der Waals surface area (Å²) in [5.74, 6) is 0.373. The second-order valence-corrected chi connectivity index (χ2v) is 8.16. The van der Waals surface area contributed by atoms with Gasteiger partial charge in [-0.05, 0) is 44.6 Å². The third kappa shape index (κ3) is 2.65. The minimum atomic E-state index is 0.373. The molecule has 3 aromatic carbocycles. The largest absolute Gasteiger partial charge is 0.0622 e. The van der Waals surface area contributed by atoms with Crippen molar-refractivity contribution in [2.75, 3.05) is 0 Å². The maximum atomic E-state index is 2.42. The number of hydrogen-bond acceptors (Lipinski definition) is 0. The molecule has 0 bridgehead atoms. The third-order valence-electron chi connectivity index (χ3n) is 5.28. The summed E-state index contributed by atoms with van der Waals surface area (Å²) in [6, 6.07) is 29.6. The molecular formula is C25H19Si. The molecule has 0 aliphatic heterocycles. The van der Waals surface area contributed by atoms with Crippen molar-refractivity contribution in [2.45, 2.75) is 12.0 Å². The third-order valence-corrected chi connectivity index (χ3v) is 6.59. The molecule has 0 unspecified atom stereocenters. The van der Waals surface area contributed by atoms with Gasteiger partial charge < -0.3 is 0 Å². The highest BCUT2D eigenvalue weighted by Crippen LogP contribution is 2.48. The lowest BCUT2D eigenvalue weighted by atomic mass is 9.90. The van der Waals surface area contributed by atoms with E-state index < -0.39 is 0 Å². The normalized spacial score (nSPS) is 16.6. The summed E-state index contributed by atoms with van der Waals surface area (Å²) < 4.78 is 0. The van der Waals surface area contributed by atoms with E-state index in [2.05, 4.69) is 97.1 Å². The van der Waals surface area contributed by atoms with Gasteiger partial charge in [0.2, 0.25) is 0 Å². The van der Waals surface area contributed by atoms with E-state index in [4.69, 9.17) is 0 Å². The second kappa shape index (κ2) is 6.51. The lowest BCUT2D eigenvalue weighted by Crippen LogP contribution is -2.01. The topological polar surface area (TPSA) is 0 Å². The smallest absolute Gasteiger partial charge is 0.0352 e. The van der Waals surface area contributed by atoms with Crippen molar-refractivity contribution >= 4 is 14.3 Å². The fourth-order valence-corrected chi connectivity index (χ4v) is 5.18. The van der Waals surface area contributed by atoms with Crippen LogP contribution >= 0.6 is 0 Å². The Labute approximate surface area is 157 Å². The van der Waals surface area contributed by atoms with Gasteiger partial charge in [-0.3, -0.25) is 0 Å². The van der Waals surface area contributed by atoms with Crippen LogP contribution in [0.3, 0.4) is 0 Å². The molecule has 0 heterocycles. The van der Waals surface area contributed by atoms with Crippen LogP contribution in [0.5, 0.6) is 0 Å². The summed E-state index contributed by atoms with van der Waals surface area (Å²) >= 11 is 0. The number of hydrogen-bond donors (Lipinski definition) is 0. The molecular weight excluding hydrogens is 328 g/mol. The summed E-state index contributed by atoms with van der Waals surface area (Å²) in [6.45, 7) is 0. The van der Waals surface area contributed by atoms with E-state index in [-0.39, 0.29) is 0 Å². The Hall–Kier alpha value is -2.77. The zero-order chi connectivity index (χ0) is 17.3. The van der Waals surface area contributed by atoms with E-state index in [1.807, 2.05) is 0 Å². The van der Waals surface area contributed by atoms with Crippen molar-refractivity contribution in [3.05, 3.63) is 119 Å². The van der Waals surface area contributed by atoms with E-state index in [9.17, 15) is 0 Å². The molecule has 0 saturated carbocycles. The van der Waals surface area contributed by atoms with Gasteiger partial charge in [0.15, 0.2) is 0 Å². The second-order valence-electron chi connectivity index (χ2n) is 6.88. The van der Waals surface area contributed by atoms with Crippen molar-refractivity contribution in [1.29, 1.82) is 0 Å². The number of allylic oxidation sites excluding steroid dienone is 4. The molecule has 1 radical (unpaired) electrons. The first-order valence-corrected chi connectivity index (χ1v) is 10.3. The van der Waals surface area contributed by atoms with Gasteiger partial charge in [-0.2, -0.15) is 0 Å². The van der Waals surface area contributed by atoms with Crippen LogP contribution in [0.15, 0.2) is 103 Å². The zero-order valence-corrected chi connectivity index (χ0v) is 15.5. The summed E-state index contributed by atoms with van der Waals surface area (Å²) in [5.41, 5.74) is 8.52. The molecule has 0 nitrogen and oxygen atoms in total. The maximum Gasteiger partial charge on any atom is 0.0352 e. The van der Waals surface area contributed by atoms with E-state index in [1.54, 1.807) is 0 Å². The number of rotatable bonds is 3. The molecule has 3 aromatic rings. The van der Waals surface area contributed by atoms with Crippen molar-refractivity contribution in [3.63, 3.8) is 0 Å². The Morgan fingerprint density at radius 1 is 0.654 bits per heavy atom. The molecule has 123 valence electrons. The molecule has 0 spiro atoms. The average molecular weight is 348 g/mol. The Morgan fingerprint density at radius 2 is 1.27 bits per heavy atom. The van der Waals surface area contributed by atoms with Crippen LogP contribution in [0.25, 0.3) is 11.1 Å². The van der Waals surface area contributed by atoms with Gasteiger partial charge in [0.1, 0.15) is 0 Å². The van der Waals surface area contributed by atoms with E-state index in [1.165, 1.54) is 38.6 Å². The van der Waals surface area contributed by atoms with Crippen molar-refractivity contribution < 1.29 is 0 Å². The van der Waals surface area contributed by atoms with E-state index >= 15 is 0 Å². The van der Waals surface area contributed by atoms with Gasteiger partial charge in [0.25, 0.3) is 0 Å². The molecule has 2 aliphatic carbocycles. The Bertz CT molecular complexity index is 1010. The molecule has 0 fully saturated rings. The van der Waals surface area contributed by atoms with E-state index in [0.29, 0.717) is 5.92 Å². The van der Waals surface area contributed by atoms with Crippen LogP contribution in [-0.2, 0) is 6.04 Å². The van der Waals surface area contributed by atoms with Crippen LogP contribution in [0.4, 0.5) is 0 Å². The fourth-order valence-electron chi connectivity index (χ4n) is 4.07. The highest BCUT2D eigenvalue weighted by Gasteiger charge is 2.30. The SMILES string of the molecule is C1=CC(=[Si]Cc2ccccc2)C=C1C1c2ccccc2-c2ccccc21. The first-order chi connectivity index (χ1) is 12.9. The van der Waals surface area contributed by atoms with Crippen molar-refractivity contribution in [2.24, 2.45) is 0 Å². The van der Waals surface area contributed by atoms with Crippen LogP contribution < -0.4 is 0 Å². The highest BCUT2D eigenvalue weighted by atomic mass is 28.2. The molecule has 1 heteroatoms. The van der Waals surface area contributed by atoms with Crippen molar-refractivity contribution in [1.82, 2.24) is 0 Å². The minimum Gasteiger partial charge on any atom is -0.0622 e. The van der Waals surface area contributed by atoms with Crippen LogP contribution in [-0.4, -0.2) is 14.3 Å². The molecule has 0 atom stereocenters. The van der Waals surface area contributed by atoms with Crippen LogP contribution in [0.1, 0.15) is 22.6 Å². The summed E-state index contributed by atoms with van der Waals surface area (Å²) in [5, 5.41) is 1.46. The molecule has 2 aliphatic rings. The minimum absolute atomic E-state index is 0.373. The van der Waals surface area contributed by atoms with Gasteiger partial charge in [-0.15, -0.1) is 0 Å². The van der Waals surface area contributed by atoms with Gasteiger partial charge in [0.05, 0.1) is 0 Å². The van der Waals surface area contributed by atoms with Gasteiger partial charge >= 0.3 is 0 Å². The first-order valence-electron chi connectivity index (χ1n) is 9.13. The van der Waals surface area contributed by atoms with Gasteiger partial charge in [-0.1, -0.05) is 97.1 Å². The number of benzene rings is 3. The summed E-state index contributed by atoms with van der Waals surface area (Å²) in [4.78, 5) is 0. The zero-order valence-electron chi connectivity index (χ0n) is 14.5. The number of fused-ring (bicyclic) bond motifs is 3. The maximum absolute atomic E-state index is 2.42. The predicted molar refractivity (Wildman–Crippen MR) is 112 cm³/mol. The fraction of sp³-hybridized carbons (Fsp3) is 0.0800. The lowest BCUT2D eigenvalue weighted by Gasteiger charge is -2.13. The van der Waals surface area contributed by atoms with Gasteiger partial charge in [-0.25, -0.2) is 0 Å². The molecule has 26 heavy (non-hydrogen) atoms. The first kappa shape index (κ1) is 15.5. The van der Waals surface area contributed by atoms with Crippen molar-refractivity contribution in [3.8, 4) is 11.1 Å². The quantitative estimate of drug-likeness (QED) is 0.559. The summed E-state index contributed by atoms with van der Waals surface area (Å²) in [6.07, 6.45) is 7.07. The van der Waals surface area contributed by atoms with E-state index in [0.717, 1.165) is 15.2 Å². The molecule has 0 N–H and O–H groups in total. The Kier molecular flexibility index (Phi) is 3.87. The molecule has 5 rings (SSSR count). The van der Waals surface area contributed by atoms with Gasteiger partial charge in [0, 0.05) is 15.0 Å². The standard InChI is InChI=1S/C25H19Si/c1-2-8-18(9-3-1)17-26-20-15-14-19(16-20)25-23-12-6-4-10-21(23)22-11-5-7-13-24(22)25/h1-16,25H,17H2. The van der Waals surface area contributed by atoms with Crippen LogP contribution in [0, 0.1) is 0 Å². The highest BCUT2D eigenvalue weighted by molar-refractivity contribution is 6.60. The Balaban J connectivity index is 1.50. The monoisotopic (exact) mass is 347 g/mol. The molecule has 0 aromatic heterocycles. The summed E-state index contributed by atoms with van der Waals surface area (Å²) in [7, 11) is 0.824. The lowest BCUT2D eigenvalue weighted by molar-refractivity contribution is 1.02. The van der Waals surface area contributed by atoms with Crippen LogP contribution in [0.2, 0.25) is 0 Å².